The van der Waals surface area contributed by atoms with Gasteiger partial charge in [0.1, 0.15) is 0 Å². The van der Waals surface area contributed by atoms with Crippen molar-refractivity contribution in [3.63, 3.8) is 0 Å². The Labute approximate surface area is 95.8 Å². The van der Waals surface area contributed by atoms with Gasteiger partial charge in [0.05, 0.1) is 0 Å². The van der Waals surface area contributed by atoms with E-state index in [0.29, 0.717) is 16.9 Å². The van der Waals surface area contributed by atoms with Gasteiger partial charge in [0.15, 0.2) is 0 Å². The van der Waals surface area contributed by atoms with Gasteiger partial charge < -0.3 is 5.73 Å². The summed E-state index contributed by atoms with van der Waals surface area (Å²) in [7, 11) is 0. The van der Waals surface area contributed by atoms with E-state index in [4.69, 9.17) is 5.73 Å². The summed E-state index contributed by atoms with van der Waals surface area (Å²) in [6.07, 6.45) is 6.39. The van der Waals surface area contributed by atoms with Gasteiger partial charge in [-0.05, 0) is 42.4 Å². The van der Waals surface area contributed by atoms with Crippen molar-refractivity contribution in [2.45, 2.75) is 72.8 Å². The van der Waals surface area contributed by atoms with E-state index in [0.717, 1.165) is 5.92 Å². The van der Waals surface area contributed by atoms with Crippen molar-refractivity contribution >= 4 is 0 Å². The number of rotatable bonds is 3. The summed E-state index contributed by atoms with van der Waals surface area (Å²) >= 11 is 0. The molecule has 0 aromatic carbocycles. The molecule has 1 atom stereocenters. The normalized spacial score (nSPS) is 27.6. The highest BCUT2D eigenvalue weighted by Gasteiger charge is 2.39. The average Bonchev–Trinajstić information content (AvgIpc) is 1.98. The van der Waals surface area contributed by atoms with Gasteiger partial charge in [-0.25, -0.2) is 0 Å². The van der Waals surface area contributed by atoms with Gasteiger partial charge in [0.2, 0.25) is 0 Å². The maximum absolute atomic E-state index is 6.30. The molecule has 0 spiro atoms. The van der Waals surface area contributed by atoms with Crippen LogP contribution in [0.5, 0.6) is 0 Å². The molecule has 0 aromatic heterocycles. The maximum Gasteiger partial charge on any atom is 0.00674 e. The van der Waals surface area contributed by atoms with Crippen LogP contribution in [0.15, 0.2) is 0 Å². The molecule has 0 aliphatic heterocycles. The summed E-state index contributed by atoms with van der Waals surface area (Å²) < 4.78 is 0. The lowest BCUT2D eigenvalue weighted by atomic mass is 9.60. The quantitative estimate of drug-likeness (QED) is 0.751. The lowest BCUT2D eigenvalue weighted by molar-refractivity contribution is 0.0545. The molecule has 1 fully saturated rings. The van der Waals surface area contributed by atoms with Gasteiger partial charge >= 0.3 is 0 Å². The molecule has 1 saturated carbocycles. The van der Waals surface area contributed by atoms with Crippen molar-refractivity contribution in [3.8, 4) is 0 Å². The second kappa shape index (κ2) is 4.45. The maximum atomic E-state index is 6.30. The molecule has 2 N–H and O–H groups in total. The lowest BCUT2D eigenvalue weighted by Crippen LogP contribution is -2.42. The van der Waals surface area contributed by atoms with Crippen LogP contribution in [0, 0.1) is 16.7 Å². The Kier molecular flexibility index (Phi) is 3.86. The fraction of sp³-hybridized carbons (Fsp3) is 1.00. The van der Waals surface area contributed by atoms with Crippen LogP contribution in [0.1, 0.15) is 66.7 Å². The van der Waals surface area contributed by atoms with Gasteiger partial charge in [0, 0.05) is 6.04 Å². The lowest BCUT2D eigenvalue weighted by Gasteiger charge is -2.46. The van der Waals surface area contributed by atoms with Crippen molar-refractivity contribution in [2.24, 2.45) is 22.5 Å². The van der Waals surface area contributed by atoms with Gasteiger partial charge in [0.25, 0.3) is 0 Å². The van der Waals surface area contributed by atoms with E-state index in [-0.39, 0.29) is 0 Å². The number of hydrogen-bond donors (Lipinski definition) is 1. The molecule has 0 saturated heterocycles. The minimum atomic E-state index is 0.425. The topological polar surface area (TPSA) is 26.0 Å². The first-order chi connectivity index (χ1) is 6.76. The van der Waals surface area contributed by atoms with E-state index in [1.807, 2.05) is 0 Å². The molecule has 0 heterocycles. The molecule has 0 amide bonds. The summed E-state index contributed by atoms with van der Waals surface area (Å²) in [6.45, 7) is 11.8. The van der Waals surface area contributed by atoms with Crippen molar-refractivity contribution in [1.82, 2.24) is 0 Å². The van der Waals surface area contributed by atoms with Crippen LogP contribution in [0.4, 0.5) is 0 Å². The third-order valence-electron chi connectivity index (χ3n) is 3.81. The molecule has 1 heteroatoms. The fourth-order valence-electron chi connectivity index (χ4n) is 3.80. The second-order valence-corrected chi connectivity index (χ2v) is 7.13. The van der Waals surface area contributed by atoms with E-state index >= 15 is 0 Å². The average molecular weight is 211 g/mol. The minimum Gasteiger partial charge on any atom is -0.327 e. The summed E-state index contributed by atoms with van der Waals surface area (Å²) in [6, 6.07) is 0.425. The van der Waals surface area contributed by atoms with Crippen LogP contribution in [0.3, 0.4) is 0 Å². The SMILES string of the molecule is CCCC(N)C1CC(C)(C)CC(C)(C)C1. The molecule has 1 nitrogen and oxygen atoms in total. The number of hydrogen-bond acceptors (Lipinski definition) is 1. The molecule has 0 aromatic rings. The van der Waals surface area contributed by atoms with Crippen LogP contribution in [0.25, 0.3) is 0 Å². The largest absolute Gasteiger partial charge is 0.327 e. The van der Waals surface area contributed by atoms with E-state index in [1.54, 1.807) is 0 Å². The highest BCUT2D eigenvalue weighted by atomic mass is 14.7. The second-order valence-electron chi connectivity index (χ2n) is 7.13. The zero-order valence-electron chi connectivity index (χ0n) is 11.3. The minimum absolute atomic E-state index is 0.425. The van der Waals surface area contributed by atoms with Crippen LogP contribution in [-0.4, -0.2) is 6.04 Å². The Morgan fingerprint density at radius 3 is 2.00 bits per heavy atom. The van der Waals surface area contributed by atoms with Crippen LogP contribution in [0.2, 0.25) is 0 Å². The highest BCUT2D eigenvalue weighted by Crippen LogP contribution is 2.49. The Morgan fingerprint density at radius 2 is 1.60 bits per heavy atom. The van der Waals surface area contributed by atoms with Gasteiger partial charge in [-0.3, -0.25) is 0 Å². The molecule has 1 aliphatic rings. The number of nitrogens with two attached hydrogens (primary N) is 1. The molecular weight excluding hydrogens is 182 g/mol. The predicted molar refractivity (Wildman–Crippen MR) is 67.8 cm³/mol. The van der Waals surface area contributed by atoms with Gasteiger partial charge in [-0.15, -0.1) is 0 Å². The molecule has 15 heavy (non-hydrogen) atoms. The van der Waals surface area contributed by atoms with Crippen LogP contribution < -0.4 is 5.73 Å². The zero-order chi connectivity index (χ0) is 11.7. The first kappa shape index (κ1) is 13.0. The molecule has 1 aliphatic carbocycles. The predicted octanol–water partition coefficient (Wildman–Crippen LogP) is 3.97. The fourth-order valence-corrected chi connectivity index (χ4v) is 3.80. The summed E-state index contributed by atoms with van der Waals surface area (Å²) in [5, 5.41) is 0. The molecule has 1 rings (SSSR count). The Morgan fingerprint density at radius 1 is 1.13 bits per heavy atom. The highest BCUT2D eigenvalue weighted by molar-refractivity contribution is 4.92. The van der Waals surface area contributed by atoms with Crippen LogP contribution in [-0.2, 0) is 0 Å². The molecule has 90 valence electrons. The smallest absolute Gasteiger partial charge is 0.00674 e. The van der Waals surface area contributed by atoms with Gasteiger partial charge in [-0.2, -0.15) is 0 Å². The first-order valence-electron chi connectivity index (χ1n) is 6.51. The van der Waals surface area contributed by atoms with E-state index < -0.39 is 0 Å². The molecular formula is C14H29N. The molecule has 0 radical (unpaired) electrons. The Hall–Kier alpha value is -0.0400. The Balaban J connectivity index is 2.66. The Bertz CT molecular complexity index is 189. The van der Waals surface area contributed by atoms with Crippen molar-refractivity contribution < 1.29 is 0 Å². The molecule has 0 bridgehead atoms. The van der Waals surface area contributed by atoms with E-state index in [9.17, 15) is 0 Å². The summed E-state index contributed by atoms with van der Waals surface area (Å²) in [5.41, 5.74) is 7.27. The zero-order valence-corrected chi connectivity index (χ0v) is 11.3. The van der Waals surface area contributed by atoms with Crippen molar-refractivity contribution in [3.05, 3.63) is 0 Å². The van der Waals surface area contributed by atoms with E-state index in [1.165, 1.54) is 32.1 Å². The molecule has 1 unspecified atom stereocenters. The first-order valence-corrected chi connectivity index (χ1v) is 6.51. The van der Waals surface area contributed by atoms with Crippen molar-refractivity contribution in [1.29, 1.82) is 0 Å². The third kappa shape index (κ3) is 3.79. The van der Waals surface area contributed by atoms with Crippen molar-refractivity contribution in [2.75, 3.05) is 0 Å². The van der Waals surface area contributed by atoms with Crippen LogP contribution >= 0.6 is 0 Å². The monoisotopic (exact) mass is 211 g/mol. The summed E-state index contributed by atoms with van der Waals surface area (Å²) in [5.74, 6) is 0.740. The summed E-state index contributed by atoms with van der Waals surface area (Å²) in [4.78, 5) is 0. The van der Waals surface area contributed by atoms with Gasteiger partial charge in [-0.1, -0.05) is 41.0 Å². The standard InChI is InChI=1S/C14H29N/c1-6-7-12(15)11-8-13(2,3)10-14(4,5)9-11/h11-12H,6-10,15H2,1-5H3. The van der Waals surface area contributed by atoms with E-state index in [2.05, 4.69) is 34.6 Å². The third-order valence-corrected chi connectivity index (χ3v) is 3.81.